The highest BCUT2D eigenvalue weighted by molar-refractivity contribution is 5.99. The fraction of sp³-hybridized carbons (Fsp3) is 0.531. The smallest absolute Gasteiger partial charge is 0.329 e. The third-order valence-electron chi connectivity index (χ3n) is 8.99. The van der Waals surface area contributed by atoms with Gasteiger partial charge in [0.25, 0.3) is 5.91 Å². The molecule has 1 amide bonds. The fourth-order valence-corrected chi connectivity index (χ4v) is 5.89. The number of aryl methyl sites for hydroxylation is 2. The highest BCUT2D eigenvalue weighted by atomic mass is 16.4. The fourth-order valence-electron chi connectivity index (χ4n) is 5.89. The number of ketones is 1. The number of hydrogen-bond donors (Lipinski definition) is 2. The molecule has 6 nitrogen and oxygen atoms in total. The number of likely N-dealkylation sites (N-methyl/N-ethyl adjacent to an activating group) is 1. The summed E-state index contributed by atoms with van der Waals surface area (Å²) in [7, 11) is 1.52. The maximum absolute atomic E-state index is 13.2. The Balaban J connectivity index is 1.95. The first-order chi connectivity index (χ1) is 17.7. The summed E-state index contributed by atoms with van der Waals surface area (Å²) in [5, 5.41) is 20.3. The second-order valence-corrected chi connectivity index (χ2v) is 11.6. The van der Waals surface area contributed by atoms with Crippen molar-refractivity contribution in [1.29, 1.82) is 0 Å². The number of Topliss-reactive ketones (excluding diaryl/α,β-unsaturated/α-hetero) is 1. The molecule has 0 aromatic heterocycles. The molecule has 2 N–H and O–H groups in total. The number of aliphatic carboxylic acids is 1. The van der Waals surface area contributed by atoms with Gasteiger partial charge in [0.05, 0.1) is 5.60 Å². The van der Waals surface area contributed by atoms with Gasteiger partial charge in [-0.15, -0.1) is 0 Å². The molecule has 2 aromatic rings. The van der Waals surface area contributed by atoms with Crippen LogP contribution in [0.5, 0.6) is 0 Å². The van der Waals surface area contributed by atoms with Crippen LogP contribution in [0.2, 0.25) is 0 Å². The van der Waals surface area contributed by atoms with Gasteiger partial charge in [0.2, 0.25) is 0 Å². The molecule has 1 saturated carbocycles. The summed E-state index contributed by atoms with van der Waals surface area (Å²) in [5.41, 5.74) is 2.52. The quantitative estimate of drug-likeness (QED) is 0.362. The lowest BCUT2D eigenvalue weighted by atomic mass is 9.69. The molecule has 0 bridgehead atoms. The molecule has 6 heteroatoms. The molecule has 1 fully saturated rings. The van der Waals surface area contributed by atoms with Crippen LogP contribution in [0.1, 0.15) is 116 Å². The van der Waals surface area contributed by atoms with Gasteiger partial charge >= 0.3 is 5.97 Å². The number of rotatable bonds is 10. The Kier molecular flexibility index (Phi) is 8.57. The van der Waals surface area contributed by atoms with E-state index in [1.807, 2.05) is 38.1 Å². The van der Waals surface area contributed by atoms with E-state index in [2.05, 4.69) is 19.9 Å². The summed E-state index contributed by atoms with van der Waals surface area (Å²) in [4.78, 5) is 39.2. The average molecular weight is 522 g/mol. The lowest BCUT2D eigenvalue weighted by Crippen LogP contribution is -2.50. The first kappa shape index (κ1) is 29.6. The van der Waals surface area contributed by atoms with Gasteiger partial charge in [0.15, 0.2) is 5.78 Å². The second kappa shape index (κ2) is 11.0. The van der Waals surface area contributed by atoms with Crippen LogP contribution in [0.25, 0.3) is 0 Å². The van der Waals surface area contributed by atoms with Crippen molar-refractivity contribution in [2.75, 3.05) is 7.05 Å². The topological polar surface area (TPSA) is 94.9 Å². The molecule has 0 radical (unpaired) electrons. The van der Waals surface area contributed by atoms with Gasteiger partial charge in [0, 0.05) is 30.0 Å². The zero-order valence-electron chi connectivity index (χ0n) is 24.0. The van der Waals surface area contributed by atoms with Crippen LogP contribution < -0.4 is 0 Å². The second-order valence-electron chi connectivity index (χ2n) is 11.6. The molecule has 0 heterocycles. The van der Waals surface area contributed by atoms with Crippen LogP contribution in [0.15, 0.2) is 36.4 Å². The molecule has 0 spiro atoms. The van der Waals surface area contributed by atoms with Gasteiger partial charge in [-0.25, -0.2) is 4.79 Å². The molecular formula is C32H43NO5. The molecule has 0 saturated heterocycles. The number of carbonyl (C=O) groups excluding carboxylic acids is 2. The minimum Gasteiger partial charge on any atom is -0.480 e. The van der Waals surface area contributed by atoms with Crippen LogP contribution in [0.4, 0.5) is 0 Å². The number of amides is 1. The average Bonchev–Trinajstić information content (AvgIpc) is 3.29. The Labute approximate surface area is 227 Å². The van der Waals surface area contributed by atoms with Crippen molar-refractivity contribution in [2.24, 2.45) is 0 Å². The van der Waals surface area contributed by atoms with E-state index in [1.54, 1.807) is 6.07 Å². The Morgan fingerprint density at radius 3 is 1.79 bits per heavy atom. The molecule has 38 heavy (non-hydrogen) atoms. The normalized spacial score (nSPS) is 15.4. The molecule has 1 aliphatic carbocycles. The molecule has 0 aliphatic heterocycles. The van der Waals surface area contributed by atoms with Gasteiger partial charge in [-0.3, -0.25) is 9.59 Å². The standard InChI is InChI=1S/C32H43NO5/c1-8-32(9-2,23-12-14-25(21(3)18-23)27(34)20-31(38)16-10-11-17-31)24-13-15-26(22(4)19-24)28(35)33(7)30(5,6)29(36)37/h12-15,18-19,38H,8-11,16-17,20H2,1-7H3,(H,36,37). The highest BCUT2D eigenvalue weighted by Gasteiger charge is 2.37. The van der Waals surface area contributed by atoms with Crippen molar-refractivity contribution in [1.82, 2.24) is 4.90 Å². The lowest BCUT2D eigenvalue weighted by Gasteiger charge is -2.35. The number of carbonyl (C=O) groups is 3. The zero-order chi connectivity index (χ0) is 28.5. The van der Waals surface area contributed by atoms with Gasteiger partial charge in [-0.2, -0.15) is 0 Å². The number of carboxylic acid groups (broad SMARTS) is 1. The predicted octanol–water partition coefficient (Wildman–Crippen LogP) is 6.22. The number of carboxylic acids is 1. The monoisotopic (exact) mass is 521 g/mol. The van der Waals surface area contributed by atoms with Crippen molar-refractivity contribution in [3.63, 3.8) is 0 Å². The van der Waals surface area contributed by atoms with E-state index in [1.165, 1.54) is 25.8 Å². The molecule has 206 valence electrons. The predicted molar refractivity (Wildman–Crippen MR) is 150 cm³/mol. The molecule has 0 unspecified atom stereocenters. The number of hydrogen-bond acceptors (Lipinski definition) is 4. The van der Waals surface area contributed by atoms with Crippen molar-refractivity contribution in [3.05, 3.63) is 69.8 Å². The largest absolute Gasteiger partial charge is 0.480 e. The van der Waals surface area contributed by atoms with Crippen LogP contribution in [0, 0.1) is 13.8 Å². The summed E-state index contributed by atoms with van der Waals surface area (Å²) in [6.07, 6.45) is 5.13. The van der Waals surface area contributed by atoms with Gasteiger partial charge < -0.3 is 15.1 Å². The molecular weight excluding hydrogens is 478 g/mol. The van der Waals surface area contributed by atoms with Crippen molar-refractivity contribution >= 4 is 17.7 Å². The van der Waals surface area contributed by atoms with Crippen LogP contribution >= 0.6 is 0 Å². The van der Waals surface area contributed by atoms with Crippen molar-refractivity contribution in [2.45, 2.75) is 103 Å². The summed E-state index contributed by atoms with van der Waals surface area (Å²) in [6, 6.07) is 11.8. The van der Waals surface area contributed by atoms with Crippen molar-refractivity contribution in [3.8, 4) is 0 Å². The number of nitrogens with zero attached hydrogens (tertiary/aromatic N) is 1. The summed E-state index contributed by atoms with van der Waals surface area (Å²) in [5.74, 6) is -1.40. The third-order valence-corrected chi connectivity index (χ3v) is 8.99. The molecule has 3 rings (SSSR count). The van der Waals surface area contributed by atoms with Crippen molar-refractivity contribution < 1.29 is 24.6 Å². The number of benzene rings is 2. The van der Waals surface area contributed by atoms with Gasteiger partial charge in [-0.05, 0) is 81.7 Å². The van der Waals surface area contributed by atoms with E-state index in [4.69, 9.17) is 0 Å². The SMILES string of the molecule is CCC(CC)(c1ccc(C(=O)CC2(O)CCCC2)c(C)c1)c1ccc(C(=O)N(C)C(C)(C)C(=O)O)c(C)c1. The first-order valence-electron chi connectivity index (χ1n) is 13.7. The summed E-state index contributed by atoms with van der Waals surface area (Å²) < 4.78 is 0. The Hall–Kier alpha value is -2.99. The zero-order valence-corrected chi connectivity index (χ0v) is 24.0. The van der Waals surface area contributed by atoms with Crippen LogP contribution in [-0.4, -0.2) is 51.0 Å². The highest BCUT2D eigenvalue weighted by Crippen LogP contribution is 2.41. The Morgan fingerprint density at radius 1 is 0.895 bits per heavy atom. The Bertz CT molecular complexity index is 1220. The van der Waals surface area contributed by atoms with Gasteiger partial charge in [0.1, 0.15) is 5.54 Å². The molecule has 1 aliphatic rings. The molecule has 2 aromatic carbocycles. The van der Waals surface area contributed by atoms with E-state index in [9.17, 15) is 24.6 Å². The summed E-state index contributed by atoms with van der Waals surface area (Å²) in [6.45, 7) is 11.2. The van der Waals surface area contributed by atoms with Crippen LogP contribution in [0.3, 0.4) is 0 Å². The Morgan fingerprint density at radius 2 is 1.37 bits per heavy atom. The van der Waals surface area contributed by atoms with E-state index in [-0.39, 0.29) is 23.5 Å². The van der Waals surface area contributed by atoms with E-state index >= 15 is 0 Å². The number of aliphatic hydroxyl groups is 1. The van der Waals surface area contributed by atoms with E-state index in [0.717, 1.165) is 47.9 Å². The minimum atomic E-state index is -1.33. The minimum absolute atomic E-state index is 0.0100. The van der Waals surface area contributed by atoms with E-state index in [0.29, 0.717) is 24.0 Å². The third kappa shape index (κ3) is 5.42. The first-order valence-corrected chi connectivity index (χ1v) is 13.7. The maximum atomic E-state index is 13.2. The van der Waals surface area contributed by atoms with Gasteiger partial charge in [-0.1, -0.05) is 57.0 Å². The van der Waals surface area contributed by atoms with Crippen LogP contribution in [-0.2, 0) is 10.2 Å². The van der Waals surface area contributed by atoms with E-state index < -0.39 is 17.1 Å². The maximum Gasteiger partial charge on any atom is 0.329 e. The molecule has 0 atom stereocenters. The summed E-state index contributed by atoms with van der Waals surface area (Å²) >= 11 is 0. The lowest BCUT2D eigenvalue weighted by molar-refractivity contribution is -0.147.